The monoisotopic (exact) mass is 172 g/mol. The standard InChI is InChI=1S/C8H16N2O2/c1-5-4-12-7(6(2)9)3-10-8(5)11/h5-7H,3-4,9H2,1-2H3,(H,10,11). The summed E-state index contributed by atoms with van der Waals surface area (Å²) in [5.41, 5.74) is 5.65. The average Bonchev–Trinajstić information content (AvgIpc) is 2.16. The van der Waals surface area contributed by atoms with Crippen molar-refractivity contribution in [3.8, 4) is 0 Å². The molecule has 70 valence electrons. The zero-order valence-electron chi connectivity index (χ0n) is 7.54. The topological polar surface area (TPSA) is 64.3 Å². The van der Waals surface area contributed by atoms with Crippen LogP contribution in [0.25, 0.3) is 0 Å². The van der Waals surface area contributed by atoms with E-state index in [1.807, 2.05) is 13.8 Å². The highest BCUT2D eigenvalue weighted by Gasteiger charge is 2.23. The quantitative estimate of drug-likeness (QED) is 0.559. The lowest BCUT2D eigenvalue weighted by Gasteiger charge is -2.18. The highest BCUT2D eigenvalue weighted by atomic mass is 16.5. The van der Waals surface area contributed by atoms with E-state index >= 15 is 0 Å². The van der Waals surface area contributed by atoms with Crippen LogP contribution >= 0.6 is 0 Å². The minimum atomic E-state index is -0.0613. The van der Waals surface area contributed by atoms with E-state index in [0.717, 1.165) is 0 Å². The summed E-state index contributed by atoms with van der Waals surface area (Å²) in [6.45, 7) is 4.73. The molecule has 0 saturated carbocycles. The number of nitrogens with two attached hydrogens (primary N) is 1. The van der Waals surface area contributed by atoms with Gasteiger partial charge in [-0.25, -0.2) is 0 Å². The van der Waals surface area contributed by atoms with Gasteiger partial charge >= 0.3 is 0 Å². The lowest BCUT2D eigenvalue weighted by Crippen LogP contribution is -2.41. The molecule has 0 bridgehead atoms. The molecule has 3 unspecified atom stereocenters. The number of carbonyl (C=O) groups is 1. The van der Waals surface area contributed by atoms with Crippen molar-refractivity contribution in [3.05, 3.63) is 0 Å². The van der Waals surface area contributed by atoms with Gasteiger partial charge in [-0.2, -0.15) is 0 Å². The van der Waals surface area contributed by atoms with Gasteiger partial charge < -0.3 is 15.8 Å². The molecule has 1 heterocycles. The van der Waals surface area contributed by atoms with Crippen LogP contribution in [0.3, 0.4) is 0 Å². The van der Waals surface area contributed by atoms with Crippen molar-refractivity contribution < 1.29 is 9.53 Å². The van der Waals surface area contributed by atoms with E-state index in [2.05, 4.69) is 5.32 Å². The summed E-state index contributed by atoms with van der Waals surface area (Å²) in [6.07, 6.45) is -0.0427. The smallest absolute Gasteiger partial charge is 0.225 e. The van der Waals surface area contributed by atoms with Gasteiger partial charge in [0.05, 0.1) is 18.6 Å². The number of amides is 1. The van der Waals surface area contributed by atoms with Crippen LogP contribution in [0.2, 0.25) is 0 Å². The molecule has 4 heteroatoms. The summed E-state index contributed by atoms with van der Waals surface area (Å²) in [7, 11) is 0. The average molecular weight is 172 g/mol. The van der Waals surface area contributed by atoms with Crippen LogP contribution in [-0.2, 0) is 9.53 Å². The van der Waals surface area contributed by atoms with E-state index in [1.54, 1.807) is 0 Å². The van der Waals surface area contributed by atoms with Gasteiger partial charge in [-0.1, -0.05) is 6.92 Å². The lowest BCUT2D eigenvalue weighted by atomic mass is 10.2. The van der Waals surface area contributed by atoms with Crippen LogP contribution in [0.5, 0.6) is 0 Å². The molecule has 1 rings (SSSR count). The molecule has 1 amide bonds. The first kappa shape index (κ1) is 9.48. The Hall–Kier alpha value is -0.610. The Morgan fingerprint density at radius 3 is 3.00 bits per heavy atom. The number of carbonyl (C=O) groups excluding carboxylic acids is 1. The third-order valence-corrected chi connectivity index (χ3v) is 2.07. The van der Waals surface area contributed by atoms with Crippen LogP contribution in [0.15, 0.2) is 0 Å². The van der Waals surface area contributed by atoms with Crippen LogP contribution in [0.1, 0.15) is 13.8 Å². The minimum Gasteiger partial charge on any atom is -0.374 e. The molecule has 1 saturated heterocycles. The van der Waals surface area contributed by atoms with Gasteiger partial charge in [0.2, 0.25) is 5.91 Å². The van der Waals surface area contributed by atoms with E-state index in [4.69, 9.17) is 10.5 Å². The van der Waals surface area contributed by atoms with E-state index in [0.29, 0.717) is 13.2 Å². The summed E-state index contributed by atoms with van der Waals surface area (Å²) in [5, 5.41) is 2.78. The maximum atomic E-state index is 11.2. The lowest BCUT2D eigenvalue weighted by molar-refractivity contribution is -0.124. The highest BCUT2D eigenvalue weighted by Crippen LogP contribution is 2.06. The van der Waals surface area contributed by atoms with Crippen molar-refractivity contribution in [2.45, 2.75) is 26.0 Å². The molecule has 3 atom stereocenters. The number of nitrogens with one attached hydrogen (secondary N) is 1. The summed E-state index contributed by atoms with van der Waals surface area (Å²) in [5.74, 6) is -0.00750. The SMILES string of the molecule is CC1COC(C(C)N)CNC1=O. The molecule has 0 aromatic heterocycles. The molecular weight excluding hydrogens is 156 g/mol. The number of hydrogen-bond donors (Lipinski definition) is 2. The van der Waals surface area contributed by atoms with Crippen LogP contribution in [0, 0.1) is 5.92 Å². The third-order valence-electron chi connectivity index (χ3n) is 2.07. The molecule has 0 spiro atoms. The first-order chi connectivity index (χ1) is 5.61. The van der Waals surface area contributed by atoms with Gasteiger partial charge in [0.1, 0.15) is 0 Å². The molecule has 0 aliphatic carbocycles. The van der Waals surface area contributed by atoms with Crippen molar-refractivity contribution in [3.63, 3.8) is 0 Å². The highest BCUT2D eigenvalue weighted by molar-refractivity contribution is 5.78. The first-order valence-corrected chi connectivity index (χ1v) is 4.26. The maximum absolute atomic E-state index is 11.2. The Bertz CT molecular complexity index is 170. The largest absolute Gasteiger partial charge is 0.374 e. The molecule has 1 aliphatic heterocycles. The van der Waals surface area contributed by atoms with E-state index in [-0.39, 0.29) is 24.0 Å². The second-order valence-electron chi connectivity index (χ2n) is 3.38. The zero-order chi connectivity index (χ0) is 9.14. The normalized spacial score (nSPS) is 33.8. The second kappa shape index (κ2) is 3.87. The van der Waals surface area contributed by atoms with Crippen LogP contribution < -0.4 is 11.1 Å². The molecule has 3 N–H and O–H groups in total. The fourth-order valence-electron chi connectivity index (χ4n) is 1.12. The van der Waals surface area contributed by atoms with Crippen molar-refractivity contribution in [2.24, 2.45) is 11.7 Å². The number of hydrogen-bond acceptors (Lipinski definition) is 3. The van der Waals surface area contributed by atoms with E-state index < -0.39 is 0 Å². The minimum absolute atomic E-state index is 0.0319. The van der Waals surface area contributed by atoms with Gasteiger partial charge in [0.25, 0.3) is 0 Å². The molecule has 1 fully saturated rings. The Morgan fingerprint density at radius 2 is 2.42 bits per heavy atom. The second-order valence-corrected chi connectivity index (χ2v) is 3.38. The predicted octanol–water partition coefficient (Wildman–Crippen LogP) is -0.515. The third kappa shape index (κ3) is 2.19. The van der Waals surface area contributed by atoms with Gasteiger partial charge in [0, 0.05) is 12.6 Å². The van der Waals surface area contributed by atoms with E-state index in [9.17, 15) is 4.79 Å². The summed E-state index contributed by atoms with van der Waals surface area (Å²) >= 11 is 0. The van der Waals surface area contributed by atoms with Crippen molar-refractivity contribution in [1.29, 1.82) is 0 Å². The summed E-state index contributed by atoms with van der Waals surface area (Å²) in [4.78, 5) is 11.2. The Morgan fingerprint density at radius 1 is 1.75 bits per heavy atom. The molecule has 4 nitrogen and oxygen atoms in total. The zero-order valence-corrected chi connectivity index (χ0v) is 7.54. The van der Waals surface area contributed by atoms with Gasteiger partial charge in [-0.15, -0.1) is 0 Å². The number of rotatable bonds is 1. The van der Waals surface area contributed by atoms with Gasteiger partial charge in [0.15, 0.2) is 0 Å². The van der Waals surface area contributed by atoms with Crippen LogP contribution in [0.4, 0.5) is 0 Å². The van der Waals surface area contributed by atoms with Crippen molar-refractivity contribution in [2.75, 3.05) is 13.2 Å². The molecule has 0 aromatic rings. The fraction of sp³-hybridized carbons (Fsp3) is 0.875. The Labute approximate surface area is 72.5 Å². The van der Waals surface area contributed by atoms with Crippen molar-refractivity contribution >= 4 is 5.91 Å². The Balaban J connectivity index is 2.49. The maximum Gasteiger partial charge on any atom is 0.225 e. The summed E-state index contributed by atoms with van der Waals surface area (Å²) in [6, 6.07) is -0.0319. The molecule has 0 aromatic carbocycles. The molecule has 12 heavy (non-hydrogen) atoms. The molecular formula is C8H16N2O2. The fourth-order valence-corrected chi connectivity index (χ4v) is 1.12. The number of ether oxygens (including phenoxy) is 1. The van der Waals surface area contributed by atoms with Gasteiger partial charge in [-0.05, 0) is 6.92 Å². The van der Waals surface area contributed by atoms with E-state index in [1.165, 1.54) is 0 Å². The molecule has 0 radical (unpaired) electrons. The van der Waals surface area contributed by atoms with Gasteiger partial charge in [-0.3, -0.25) is 4.79 Å². The predicted molar refractivity (Wildman–Crippen MR) is 45.6 cm³/mol. The first-order valence-electron chi connectivity index (χ1n) is 4.26. The van der Waals surface area contributed by atoms with Crippen molar-refractivity contribution in [1.82, 2.24) is 5.32 Å². The summed E-state index contributed by atoms with van der Waals surface area (Å²) < 4.78 is 5.44. The Kier molecular flexibility index (Phi) is 3.05. The van der Waals surface area contributed by atoms with Crippen LogP contribution in [-0.4, -0.2) is 31.2 Å². The molecule has 1 aliphatic rings.